The van der Waals surface area contributed by atoms with Crippen LogP contribution in [0, 0.1) is 6.92 Å². The minimum atomic E-state index is 0.484. The van der Waals surface area contributed by atoms with Gasteiger partial charge in [-0.1, -0.05) is 30.3 Å². The van der Waals surface area contributed by atoms with Crippen LogP contribution in [0.5, 0.6) is 0 Å². The molecular weight excluding hydrogens is 348 g/mol. The monoisotopic (exact) mass is 376 g/mol. The van der Waals surface area contributed by atoms with Crippen molar-refractivity contribution >= 4 is 17.4 Å². The first-order chi connectivity index (χ1) is 13.7. The quantitative estimate of drug-likeness (QED) is 0.616. The van der Waals surface area contributed by atoms with Gasteiger partial charge in [0.25, 0.3) is 0 Å². The van der Waals surface area contributed by atoms with E-state index in [9.17, 15) is 0 Å². The fourth-order valence-corrected chi connectivity index (χ4v) is 3.69. The third-order valence-corrected chi connectivity index (χ3v) is 5.22. The fourth-order valence-electron chi connectivity index (χ4n) is 3.69. The predicted octanol–water partition coefficient (Wildman–Crippen LogP) is 3.35. The third-order valence-electron chi connectivity index (χ3n) is 5.22. The summed E-state index contributed by atoms with van der Waals surface area (Å²) in [5, 5.41) is 19.3. The first-order valence-corrected chi connectivity index (χ1v) is 9.99. The van der Waals surface area contributed by atoms with Crippen LogP contribution in [0.3, 0.4) is 0 Å². The minimum Gasteiger partial charge on any atom is -0.384 e. The van der Waals surface area contributed by atoms with Gasteiger partial charge in [0.15, 0.2) is 5.65 Å². The van der Waals surface area contributed by atoms with E-state index in [-0.39, 0.29) is 0 Å². The summed E-state index contributed by atoms with van der Waals surface area (Å²) in [6, 6.07) is 15.2. The van der Waals surface area contributed by atoms with Crippen molar-refractivity contribution in [3.05, 3.63) is 65.2 Å². The van der Waals surface area contributed by atoms with Gasteiger partial charge in [0.1, 0.15) is 5.82 Å². The van der Waals surface area contributed by atoms with Crippen molar-refractivity contribution in [3.63, 3.8) is 0 Å². The van der Waals surface area contributed by atoms with Crippen molar-refractivity contribution < 1.29 is 0 Å². The Kier molecular flexibility index (Phi) is 5.58. The molecule has 0 atom stereocenters. The molecule has 1 fully saturated rings. The molecule has 1 saturated heterocycles. The minimum absolute atomic E-state index is 0.484. The van der Waals surface area contributed by atoms with E-state index in [0.29, 0.717) is 6.04 Å². The van der Waals surface area contributed by atoms with E-state index in [1.54, 1.807) is 0 Å². The number of piperidine rings is 1. The van der Waals surface area contributed by atoms with Crippen LogP contribution in [0.4, 0.5) is 5.69 Å². The van der Waals surface area contributed by atoms with Gasteiger partial charge in [0.2, 0.25) is 0 Å². The second-order valence-electron chi connectivity index (χ2n) is 7.41. The van der Waals surface area contributed by atoms with Crippen molar-refractivity contribution in [1.29, 1.82) is 0 Å². The van der Waals surface area contributed by atoms with Gasteiger partial charge in [0, 0.05) is 18.3 Å². The molecule has 1 aliphatic rings. The molecule has 146 valence electrons. The molecule has 1 aromatic carbocycles. The number of fused-ring (bicyclic) bond motifs is 1. The van der Waals surface area contributed by atoms with Crippen molar-refractivity contribution in [1.82, 2.24) is 25.2 Å². The van der Waals surface area contributed by atoms with Crippen LogP contribution < -0.4 is 16.0 Å². The summed E-state index contributed by atoms with van der Waals surface area (Å²) in [6.07, 6.45) is 4.41. The molecule has 0 saturated carbocycles. The summed E-state index contributed by atoms with van der Waals surface area (Å²) in [5.74, 6) is 0.895. The Morgan fingerprint density at radius 2 is 1.93 bits per heavy atom. The lowest BCUT2D eigenvalue weighted by Crippen LogP contribution is -2.35. The fraction of sp³-hybridized carbons (Fsp3) is 0.364. The third kappa shape index (κ3) is 4.17. The average molecular weight is 377 g/mol. The Morgan fingerprint density at radius 3 is 2.71 bits per heavy atom. The Labute approximate surface area is 166 Å². The smallest absolute Gasteiger partial charge is 0.184 e. The van der Waals surface area contributed by atoms with Crippen LogP contribution in [0.25, 0.3) is 11.7 Å². The number of pyridine rings is 1. The van der Waals surface area contributed by atoms with E-state index >= 15 is 0 Å². The number of rotatable bonds is 6. The molecule has 1 aliphatic heterocycles. The highest BCUT2D eigenvalue weighted by molar-refractivity contribution is 5.71. The highest BCUT2D eigenvalue weighted by atomic mass is 15.3. The maximum Gasteiger partial charge on any atom is 0.184 e. The van der Waals surface area contributed by atoms with Crippen LogP contribution in [0.2, 0.25) is 0 Å². The van der Waals surface area contributed by atoms with Crippen LogP contribution in [-0.4, -0.2) is 33.7 Å². The van der Waals surface area contributed by atoms with E-state index < -0.39 is 0 Å². The SMILES string of the molecule is C/C(=C/c1ccc(NC2CCNCC2)c2nnc(C)n12)NCc1ccccc1. The zero-order valence-corrected chi connectivity index (χ0v) is 16.6. The lowest BCUT2D eigenvalue weighted by atomic mass is 10.1. The van der Waals surface area contributed by atoms with Gasteiger partial charge < -0.3 is 16.0 Å². The number of allylic oxidation sites excluding steroid dienone is 1. The molecule has 4 rings (SSSR count). The van der Waals surface area contributed by atoms with Crippen molar-refractivity contribution in [2.75, 3.05) is 18.4 Å². The van der Waals surface area contributed by atoms with Crippen LogP contribution in [0.1, 0.15) is 36.8 Å². The second-order valence-corrected chi connectivity index (χ2v) is 7.41. The molecule has 28 heavy (non-hydrogen) atoms. The highest BCUT2D eigenvalue weighted by Gasteiger charge is 2.16. The number of aryl methyl sites for hydroxylation is 1. The molecule has 3 N–H and O–H groups in total. The number of hydrogen-bond donors (Lipinski definition) is 3. The summed E-state index contributed by atoms with van der Waals surface area (Å²) in [7, 11) is 0. The molecule has 3 heterocycles. The van der Waals surface area contributed by atoms with Crippen LogP contribution in [0.15, 0.2) is 48.2 Å². The molecule has 0 bridgehead atoms. The standard InChI is InChI=1S/C22H28N6/c1-16(24-15-18-6-4-3-5-7-18)14-20-8-9-21(22-27-26-17(2)28(20)22)25-19-10-12-23-13-11-19/h3-9,14,19,23-25H,10-13,15H2,1-2H3/b16-14-. The maximum absolute atomic E-state index is 4.43. The summed E-state index contributed by atoms with van der Waals surface area (Å²) in [4.78, 5) is 0. The topological polar surface area (TPSA) is 66.3 Å². The van der Waals surface area contributed by atoms with E-state index in [1.807, 2.05) is 13.0 Å². The maximum atomic E-state index is 4.43. The van der Waals surface area contributed by atoms with Crippen LogP contribution in [-0.2, 0) is 6.54 Å². The molecule has 0 aliphatic carbocycles. The molecule has 3 aromatic rings. The Hall–Kier alpha value is -2.86. The molecule has 0 unspecified atom stereocenters. The lowest BCUT2D eigenvalue weighted by molar-refractivity contribution is 0.479. The van der Waals surface area contributed by atoms with Gasteiger partial charge in [-0.2, -0.15) is 0 Å². The van der Waals surface area contributed by atoms with E-state index in [1.165, 1.54) is 5.56 Å². The Balaban J connectivity index is 1.55. The van der Waals surface area contributed by atoms with Gasteiger partial charge >= 0.3 is 0 Å². The lowest BCUT2D eigenvalue weighted by Gasteiger charge is -2.25. The Bertz CT molecular complexity index is 954. The summed E-state index contributed by atoms with van der Waals surface area (Å²) in [5.41, 5.74) is 5.39. The highest BCUT2D eigenvalue weighted by Crippen LogP contribution is 2.22. The number of nitrogens with zero attached hydrogens (tertiary/aromatic N) is 3. The van der Waals surface area contributed by atoms with Crippen molar-refractivity contribution in [2.24, 2.45) is 0 Å². The average Bonchev–Trinajstić information content (AvgIpc) is 3.12. The predicted molar refractivity (Wildman–Crippen MR) is 114 cm³/mol. The number of aromatic nitrogens is 3. The van der Waals surface area contributed by atoms with Crippen LogP contribution >= 0.6 is 0 Å². The first kappa shape index (κ1) is 18.5. The number of nitrogens with one attached hydrogen (secondary N) is 3. The molecular formula is C22H28N6. The van der Waals surface area contributed by atoms with E-state index in [0.717, 1.165) is 61.0 Å². The summed E-state index contributed by atoms with van der Waals surface area (Å²) in [6.45, 7) is 7.02. The van der Waals surface area contributed by atoms with E-state index in [2.05, 4.69) is 79.9 Å². The number of anilines is 1. The molecule has 0 spiro atoms. The van der Waals surface area contributed by atoms with Gasteiger partial charge in [-0.3, -0.25) is 4.40 Å². The second kappa shape index (κ2) is 8.44. The van der Waals surface area contributed by atoms with Gasteiger partial charge in [-0.05, 0) is 63.6 Å². The zero-order valence-electron chi connectivity index (χ0n) is 16.6. The molecule has 6 heteroatoms. The van der Waals surface area contributed by atoms with Crippen molar-refractivity contribution in [2.45, 2.75) is 39.3 Å². The Morgan fingerprint density at radius 1 is 1.14 bits per heavy atom. The van der Waals surface area contributed by atoms with Crippen molar-refractivity contribution in [3.8, 4) is 0 Å². The van der Waals surface area contributed by atoms with Gasteiger partial charge in [-0.25, -0.2) is 0 Å². The first-order valence-electron chi connectivity index (χ1n) is 9.99. The van der Waals surface area contributed by atoms with E-state index in [4.69, 9.17) is 0 Å². The molecule has 2 aromatic heterocycles. The van der Waals surface area contributed by atoms with Gasteiger partial charge in [0.05, 0.1) is 11.4 Å². The normalized spacial score (nSPS) is 15.7. The molecule has 0 amide bonds. The summed E-state index contributed by atoms with van der Waals surface area (Å²) >= 11 is 0. The number of benzene rings is 1. The molecule has 6 nitrogen and oxygen atoms in total. The molecule has 0 radical (unpaired) electrons. The largest absolute Gasteiger partial charge is 0.384 e. The summed E-state index contributed by atoms with van der Waals surface area (Å²) < 4.78 is 2.12. The van der Waals surface area contributed by atoms with Gasteiger partial charge in [-0.15, -0.1) is 10.2 Å². The number of hydrogen-bond acceptors (Lipinski definition) is 5. The zero-order chi connectivity index (χ0) is 19.3.